The van der Waals surface area contributed by atoms with Gasteiger partial charge in [0.15, 0.2) is 18.2 Å². The van der Waals surface area contributed by atoms with E-state index in [1.807, 2.05) is 12.1 Å². The van der Waals surface area contributed by atoms with Crippen molar-refractivity contribution in [2.24, 2.45) is 0 Å². The Balaban J connectivity index is 1.59. The molecule has 2 N–H and O–H groups in total. The predicted molar refractivity (Wildman–Crippen MR) is 79.5 cm³/mol. The van der Waals surface area contributed by atoms with Crippen molar-refractivity contribution < 1.29 is 18.5 Å². The third-order valence-corrected chi connectivity index (χ3v) is 3.92. The first-order valence-corrected chi connectivity index (χ1v) is 7.27. The van der Waals surface area contributed by atoms with Crippen molar-refractivity contribution in [2.75, 3.05) is 18.4 Å². The van der Waals surface area contributed by atoms with Crippen LogP contribution in [0.15, 0.2) is 42.5 Å². The molecule has 5 heteroatoms. The lowest BCUT2D eigenvalue weighted by molar-refractivity contribution is -0.907. The molecule has 1 atom stereocenters. The highest BCUT2D eigenvalue weighted by Crippen LogP contribution is 2.13. The second kappa shape index (κ2) is 6.23. The van der Waals surface area contributed by atoms with E-state index < -0.39 is 11.6 Å². The molecule has 1 amide bonds. The van der Waals surface area contributed by atoms with Crippen LogP contribution in [-0.4, -0.2) is 19.0 Å². The van der Waals surface area contributed by atoms with E-state index in [1.165, 1.54) is 22.1 Å². The van der Waals surface area contributed by atoms with Gasteiger partial charge in [0.2, 0.25) is 0 Å². The van der Waals surface area contributed by atoms with Crippen LogP contribution in [-0.2, 0) is 17.8 Å². The smallest absolute Gasteiger partial charge is 0.279 e. The molecule has 0 saturated carbocycles. The Bertz CT molecular complexity index is 703. The van der Waals surface area contributed by atoms with Crippen LogP contribution in [0, 0.1) is 11.6 Å². The summed E-state index contributed by atoms with van der Waals surface area (Å²) in [7, 11) is 0. The molecule has 1 aliphatic rings. The van der Waals surface area contributed by atoms with Crippen molar-refractivity contribution in [1.29, 1.82) is 0 Å². The number of hydrogen-bond acceptors (Lipinski definition) is 1. The maximum atomic E-state index is 13.1. The fourth-order valence-electron chi connectivity index (χ4n) is 2.80. The van der Waals surface area contributed by atoms with Crippen LogP contribution >= 0.6 is 0 Å². The summed E-state index contributed by atoms with van der Waals surface area (Å²) in [5, 5.41) is 2.61. The average molecular weight is 303 g/mol. The molecule has 114 valence electrons. The van der Waals surface area contributed by atoms with E-state index in [0.717, 1.165) is 31.6 Å². The molecule has 0 spiro atoms. The summed E-state index contributed by atoms with van der Waals surface area (Å²) in [5.74, 6) is -2.08. The number of quaternary nitrogens is 1. The van der Waals surface area contributed by atoms with Crippen molar-refractivity contribution in [3.05, 3.63) is 65.2 Å². The Labute approximate surface area is 127 Å². The third kappa shape index (κ3) is 3.31. The Hall–Kier alpha value is -2.27. The SMILES string of the molecule is O=C(C[NH+]1CCc2ccccc2C1)Nc1ccc(F)c(F)c1. The summed E-state index contributed by atoms with van der Waals surface area (Å²) < 4.78 is 26.0. The molecule has 3 nitrogen and oxygen atoms in total. The van der Waals surface area contributed by atoms with Gasteiger partial charge in [-0.2, -0.15) is 0 Å². The summed E-state index contributed by atoms with van der Waals surface area (Å²) in [4.78, 5) is 13.2. The second-order valence-corrected chi connectivity index (χ2v) is 5.55. The molecule has 1 unspecified atom stereocenters. The summed E-state index contributed by atoms with van der Waals surface area (Å²) in [5.41, 5.74) is 2.89. The molecule has 0 radical (unpaired) electrons. The van der Waals surface area contributed by atoms with Crippen LogP contribution in [0.3, 0.4) is 0 Å². The minimum absolute atomic E-state index is 0.194. The molecule has 0 bridgehead atoms. The maximum absolute atomic E-state index is 13.1. The van der Waals surface area contributed by atoms with Crippen LogP contribution in [0.4, 0.5) is 14.5 Å². The van der Waals surface area contributed by atoms with Gasteiger partial charge in [0.25, 0.3) is 5.91 Å². The van der Waals surface area contributed by atoms with Crippen LogP contribution in [0.25, 0.3) is 0 Å². The first-order valence-electron chi connectivity index (χ1n) is 7.27. The van der Waals surface area contributed by atoms with Gasteiger partial charge in [-0.1, -0.05) is 24.3 Å². The van der Waals surface area contributed by atoms with E-state index in [9.17, 15) is 13.6 Å². The Kier molecular flexibility index (Phi) is 4.15. The molecule has 0 aliphatic carbocycles. The highest BCUT2D eigenvalue weighted by Gasteiger charge is 2.21. The van der Waals surface area contributed by atoms with Crippen molar-refractivity contribution >= 4 is 11.6 Å². The van der Waals surface area contributed by atoms with Gasteiger partial charge in [-0.05, 0) is 17.7 Å². The molecule has 0 fully saturated rings. The van der Waals surface area contributed by atoms with Gasteiger partial charge >= 0.3 is 0 Å². The number of carbonyl (C=O) groups excluding carboxylic acids is 1. The average Bonchev–Trinajstić information content (AvgIpc) is 2.51. The van der Waals surface area contributed by atoms with E-state index in [1.54, 1.807) is 0 Å². The first kappa shape index (κ1) is 14.7. The van der Waals surface area contributed by atoms with E-state index in [0.29, 0.717) is 6.54 Å². The lowest BCUT2D eigenvalue weighted by atomic mass is 10.00. The van der Waals surface area contributed by atoms with Crippen LogP contribution in [0.2, 0.25) is 0 Å². The molecule has 22 heavy (non-hydrogen) atoms. The normalized spacial score (nSPS) is 16.9. The summed E-state index contributed by atoms with van der Waals surface area (Å²) in [6.45, 7) is 2.01. The van der Waals surface area contributed by atoms with E-state index in [-0.39, 0.29) is 11.6 Å². The predicted octanol–water partition coefficient (Wildman–Crippen LogP) is 1.54. The lowest BCUT2D eigenvalue weighted by Crippen LogP contribution is -3.12. The number of hydrogen-bond donors (Lipinski definition) is 2. The van der Waals surface area contributed by atoms with Crippen molar-refractivity contribution in [1.82, 2.24) is 0 Å². The Morgan fingerprint density at radius 3 is 2.64 bits per heavy atom. The minimum atomic E-state index is -0.961. The van der Waals surface area contributed by atoms with Gasteiger partial charge in [-0.15, -0.1) is 0 Å². The lowest BCUT2D eigenvalue weighted by Gasteiger charge is -2.25. The van der Waals surface area contributed by atoms with Gasteiger partial charge in [0, 0.05) is 23.7 Å². The summed E-state index contributed by atoms with van der Waals surface area (Å²) in [6.07, 6.45) is 0.948. The standard InChI is InChI=1S/C17H16F2N2O/c18-15-6-5-14(9-16(15)19)20-17(22)11-21-8-7-12-3-1-2-4-13(12)10-21/h1-6,9H,7-8,10-11H2,(H,20,22)/p+1. The molecular weight excluding hydrogens is 286 g/mol. The molecule has 3 rings (SSSR count). The topological polar surface area (TPSA) is 33.5 Å². The highest BCUT2D eigenvalue weighted by atomic mass is 19.2. The second-order valence-electron chi connectivity index (χ2n) is 5.55. The van der Waals surface area contributed by atoms with E-state index >= 15 is 0 Å². The molecule has 2 aromatic rings. The number of rotatable bonds is 3. The summed E-state index contributed by atoms with van der Waals surface area (Å²) in [6, 6.07) is 11.6. The van der Waals surface area contributed by atoms with Gasteiger partial charge in [0.1, 0.15) is 6.54 Å². The summed E-state index contributed by atoms with van der Waals surface area (Å²) >= 11 is 0. The zero-order valence-electron chi connectivity index (χ0n) is 12.0. The van der Waals surface area contributed by atoms with Crippen LogP contribution in [0.5, 0.6) is 0 Å². The number of fused-ring (bicyclic) bond motifs is 1. The molecule has 2 aromatic carbocycles. The Morgan fingerprint density at radius 1 is 1.09 bits per heavy atom. The minimum Gasteiger partial charge on any atom is -0.323 e. The number of benzene rings is 2. The zero-order valence-corrected chi connectivity index (χ0v) is 12.0. The highest BCUT2D eigenvalue weighted by molar-refractivity contribution is 5.91. The van der Waals surface area contributed by atoms with Gasteiger partial charge in [-0.3, -0.25) is 4.79 Å². The van der Waals surface area contributed by atoms with Crippen molar-refractivity contribution in [3.63, 3.8) is 0 Å². The number of anilines is 1. The number of carbonyl (C=O) groups is 1. The van der Waals surface area contributed by atoms with Gasteiger partial charge in [-0.25, -0.2) is 8.78 Å². The first-order chi connectivity index (χ1) is 10.6. The van der Waals surface area contributed by atoms with E-state index in [2.05, 4.69) is 17.4 Å². The molecular formula is C17H17F2N2O+. The van der Waals surface area contributed by atoms with Gasteiger partial charge in [0.05, 0.1) is 6.54 Å². The Morgan fingerprint density at radius 2 is 1.86 bits per heavy atom. The fraction of sp³-hybridized carbons (Fsp3) is 0.235. The van der Waals surface area contributed by atoms with Crippen molar-refractivity contribution in [3.8, 4) is 0 Å². The third-order valence-electron chi connectivity index (χ3n) is 3.92. The molecule has 0 aromatic heterocycles. The number of amides is 1. The van der Waals surface area contributed by atoms with Crippen LogP contribution in [0.1, 0.15) is 11.1 Å². The number of nitrogens with one attached hydrogen (secondary N) is 2. The largest absolute Gasteiger partial charge is 0.323 e. The number of halogens is 2. The maximum Gasteiger partial charge on any atom is 0.279 e. The molecule has 0 saturated heterocycles. The molecule has 1 heterocycles. The van der Waals surface area contributed by atoms with Crippen molar-refractivity contribution in [2.45, 2.75) is 13.0 Å². The van der Waals surface area contributed by atoms with E-state index in [4.69, 9.17) is 0 Å². The quantitative estimate of drug-likeness (QED) is 0.886. The molecule has 1 aliphatic heterocycles. The monoisotopic (exact) mass is 303 g/mol. The van der Waals surface area contributed by atoms with Gasteiger partial charge < -0.3 is 10.2 Å². The van der Waals surface area contributed by atoms with Crippen LogP contribution < -0.4 is 10.2 Å². The fourth-order valence-corrected chi connectivity index (χ4v) is 2.80. The zero-order chi connectivity index (χ0) is 15.5.